The number of hydrogen-bond donors (Lipinski definition) is 13. The monoisotopic (exact) mass is 1060 g/mol. The predicted octanol–water partition coefficient (Wildman–Crippen LogP) is -2.85. The molecule has 31 atom stereocenters. The minimum atomic E-state index is -1.90. The molecule has 4 aliphatic carbocycles. The van der Waals surface area contributed by atoms with Crippen LogP contribution in [-0.4, -0.2) is 239 Å². The van der Waals surface area contributed by atoms with Crippen LogP contribution in [0.5, 0.6) is 0 Å². The minimum Gasteiger partial charge on any atom is -0.394 e. The first-order chi connectivity index (χ1) is 35.0. The van der Waals surface area contributed by atoms with Gasteiger partial charge in [-0.1, -0.05) is 32.4 Å². The molecule has 74 heavy (non-hydrogen) atoms. The summed E-state index contributed by atoms with van der Waals surface area (Å²) in [5.74, 6) is 0.781. The Morgan fingerprint density at radius 3 is 1.88 bits per heavy atom. The van der Waals surface area contributed by atoms with Crippen molar-refractivity contribution >= 4 is 0 Å². The maximum atomic E-state index is 11.5. The van der Waals surface area contributed by atoms with E-state index in [1.54, 1.807) is 0 Å². The van der Waals surface area contributed by atoms with Crippen molar-refractivity contribution < 1.29 is 114 Å². The summed E-state index contributed by atoms with van der Waals surface area (Å²) in [6.07, 6.45) is -21.2. The third-order valence-electron chi connectivity index (χ3n) is 19.9. The summed E-state index contributed by atoms with van der Waals surface area (Å²) in [5.41, 5.74) is 0.374. The lowest BCUT2D eigenvalue weighted by molar-refractivity contribution is -0.386. The zero-order valence-electron chi connectivity index (χ0n) is 42.8. The van der Waals surface area contributed by atoms with Gasteiger partial charge in [-0.3, -0.25) is 0 Å². The molecule has 3 saturated carbocycles. The van der Waals surface area contributed by atoms with Crippen molar-refractivity contribution in [3.8, 4) is 0 Å². The third-order valence-corrected chi connectivity index (χ3v) is 19.9. The summed E-state index contributed by atoms with van der Waals surface area (Å²) in [6, 6.07) is 0. The second-order valence-corrected chi connectivity index (χ2v) is 24.2. The highest BCUT2D eigenvalue weighted by Gasteiger charge is 2.70. The van der Waals surface area contributed by atoms with Gasteiger partial charge in [-0.15, -0.1) is 0 Å². The Bertz CT molecular complexity index is 1980. The van der Waals surface area contributed by atoms with Gasteiger partial charge < -0.3 is 114 Å². The molecule has 23 nitrogen and oxygen atoms in total. The van der Waals surface area contributed by atoms with Crippen molar-refractivity contribution in [2.24, 2.45) is 40.4 Å². The van der Waals surface area contributed by atoms with Gasteiger partial charge in [0.15, 0.2) is 30.9 Å². The zero-order chi connectivity index (χ0) is 53.1. The molecule has 1 spiro atoms. The number of aliphatic hydroxyl groups is 13. The van der Waals surface area contributed by atoms with Crippen molar-refractivity contribution in [1.82, 2.24) is 0 Å². The average Bonchev–Trinajstić information content (AvgIpc) is 3.98. The van der Waals surface area contributed by atoms with E-state index < -0.39 is 160 Å². The molecule has 9 fully saturated rings. The van der Waals surface area contributed by atoms with Crippen LogP contribution >= 0.6 is 0 Å². The third kappa shape index (κ3) is 9.38. The normalized spacial score (nSPS) is 57.4. The van der Waals surface area contributed by atoms with E-state index in [1.807, 2.05) is 6.92 Å². The van der Waals surface area contributed by atoms with E-state index in [9.17, 15) is 66.4 Å². The SMILES string of the molecule is C[C@@H]1O[C@@H](O[C@H]2[C@H](O)[C@@H](O)[C@H](O[C@H]3[C@H](O[C@H]4CC[C@@]5(C)C(=CC[C@@H]6C5CC[C@]5(C)[C@@H]7[C@H](C[C@@H]65)O[C@]5(CC[C@@](C)(CO[C@@H]6O[C@H](CO)[C@@H](O)[C@H](O)[C@H]6O)O5)[C@H]7C)C4)O[C@H](CO)[C@@H](O)[C@@H]3O)O[C@@H]2CO)[C@H](O)[C@H](O)[C@H]1O. The molecule has 0 aromatic carbocycles. The van der Waals surface area contributed by atoms with E-state index in [0.717, 1.165) is 32.1 Å². The van der Waals surface area contributed by atoms with Gasteiger partial charge in [0.2, 0.25) is 0 Å². The Morgan fingerprint density at radius 2 is 1.18 bits per heavy atom. The lowest BCUT2D eigenvalue weighted by Gasteiger charge is -2.58. The molecule has 10 rings (SSSR count). The summed E-state index contributed by atoms with van der Waals surface area (Å²) >= 11 is 0. The van der Waals surface area contributed by atoms with Crippen LogP contribution in [0.3, 0.4) is 0 Å². The van der Waals surface area contributed by atoms with Gasteiger partial charge in [0, 0.05) is 12.3 Å². The number of ether oxygens (including phenoxy) is 10. The average molecular weight is 1060 g/mol. The highest BCUT2D eigenvalue weighted by atomic mass is 16.8. The molecule has 6 aliphatic heterocycles. The van der Waals surface area contributed by atoms with Crippen molar-refractivity contribution in [2.45, 2.75) is 239 Å². The molecule has 6 heterocycles. The summed E-state index contributed by atoms with van der Waals surface area (Å²) < 4.78 is 61.4. The second-order valence-electron chi connectivity index (χ2n) is 24.2. The van der Waals surface area contributed by atoms with Crippen LogP contribution < -0.4 is 0 Å². The second kappa shape index (κ2) is 21.0. The Hall–Kier alpha value is -1.18. The maximum Gasteiger partial charge on any atom is 0.187 e. The lowest BCUT2D eigenvalue weighted by atomic mass is 9.47. The van der Waals surface area contributed by atoms with Gasteiger partial charge >= 0.3 is 0 Å². The molecule has 1 unspecified atom stereocenters. The number of hydrogen-bond acceptors (Lipinski definition) is 23. The lowest BCUT2D eigenvalue weighted by Crippen LogP contribution is -2.66. The number of aliphatic hydroxyl groups excluding tert-OH is 13. The molecule has 0 aromatic rings. The standard InChI is InChI=1S/C51H82O23/c1-20-31-27(73-51(20)13-12-48(3,74-51)19-65-44-39(62)36(59)33(56)28(16-52)68-44)15-26-24-7-6-22-14-23(8-10-49(22,4)25(24)9-11-50(26,31)5)67-47-43(37(60)34(57)29(17-53)69-47)72-46-41(64)38(61)42(30(18-54)70-46)71-45-40(63)35(58)32(55)21(2)66-45/h6,20-21,23-47,52-64H,7-19H2,1-5H3/t20-,21-,23-,24+,25?,26-,27-,28+,29+,30+,31-,32-,33+,34+,35+,36-,37-,38+,39+,40+,41+,42+,43+,44+,45-,46-,47+,48-,49-,50-,51-/m0/s1. The molecule has 13 N–H and O–H groups in total. The molecule has 0 radical (unpaired) electrons. The van der Waals surface area contributed by atoms with Crippen LogP contribution in [0.4, 0.5) is 0 Å². The van der Waals surface area contributed by atoms with Crippen LogP contribution in [0.2, 0.25) is 0 Å². The van der Waals surface area contributed by atoms with Gasteiger partial charge in [0.05, 0.1) is 50.3 Å². The number of fused-ring (bicyclic) bond motifs is 7. The van der Waals surface area contributed by atoms with Crippen molar-refractivity contribution in [1.29, 1.82) is 0 Å². The van der Waals surface area contributed by atoms with Gasteiger partial charge in [-0.25, -0.2) is 0 Å². The summed E-state index contributed by atoms with van der Waals surface area (Å²) in [7, 11) is 0. The molecule has 424 valence electrons. The summed E-state index contributed by atoms with van der Waals surface area (Å²) in [4.78, 5) is 0. The van der Waals surface area contributed by atoms with Gasteiger partial charge in [-0.2, -0.15) is 0 Å². The van der Waals surface area contributed by atoms with E-state index >= 15 is 0 Å². The molecule has 0 amide bonds. The van der Waals surface area contributed by atoms with Crippen LogP contribution in [0.15, 0.2) is 11.6 Å². The molecule has 23 heteroatoms. The Kier molecular flexibility index (Phi) is 16.0. The van der Waals surface area contributed by atoms with Crippen LogP contribution in [0, 0.1) is 40.4 Å². The molecular formula is C51H82O23. The topological polar surface area (TPSA) is 355 Å². The van der Waals surface area contributed by atoms with E-state index in [0.29, 0.717) is 43.4 Å². The quantitative estimate of drug-likeness (QED) is 0.0875. The first-order valence-corrected chi connectivity index (χ1v) is 26.9. The highest BCUT2D eigenvalue weighted by molar-refractivity contribution is 5.27. The number of allylic oxidation sites excluding steroid dienone is 1. The molecule has 6 saturated heterocycles. The van der Waals surface area contributed by atoms with E-state index in [4.69, 9.17) is 47.4 Å². The zero-order valence-corrected chi connectivity index (χ0v) is 42.8. The van der Waals surface area contributed by atoms with Crippen molar-refractivity contribution in [3.05, 3.63) is 11.6 Å². The maximum absolute atomic E-state index is 11.5. The Balaban J connectivity index is 0.778. The van der Waals surface area contributed by atoms with E-state index in [1.165, 1.54) is 12.5 Å². The molecular weight excluding hydrogens is 981 g/mol. The van der Waals surface area contributed by atoms with Crippen LogP contribution in [0.1, 0.15) is 92.4 Å². The van der Waals surface area contributed by atoms with Gasteiger partial charge in [0.25, 0.3) is 0 Å². The van der Waals surface area contributed by atoms with Crippen molar-refractivity contribution in [3.63, 3.8) is 0 Å². The van der Waals surface area contributed by atoms with Crippen LogP contribution in [0.25, 0.3) is 0 Å². The fourth-order valence-electron chi connectivity index (χ4n) is 15.6. The fraction of sp³-hybridized carbons (Fsp3) is 0.961. The van der Waals surface area contributed by atoms with Gasteiger partial charge in [0.1, 0.15) is 91.6 Å². The van der Waals surface area contributed by atoms with E-state index in [-0.39, 0.29) is 35.4 Å². The Labute approximate surface area is 430 Å². The largest absolute Gasteiger partial charge is 0.394 e. The highest BCUT2D eigenvalue weighted by Crippen LogP contribution is 2.71. The molecule has 10 aliphatic rings. The predicted molar refractivity (Wildman–Crippen MR) is 248 cm³/mol. The van der Waals surface area contributed by atoms with Gasteiger partial charge in [-0.05, 0) is 99.7 Å². The van der Waals surface area contributed by atoms with E-state index in [2.05, 4.69) is 26.8 Å². The number of rotatable bonds is 12. The fourth-order valence-corrected chi connectivity index (χ4v) is 15.6. The first-order valence-electron chi connectivity index (χ1n) is 26.9. The van der Waals surface area contributed by atoms with Crippen molar-refractivity contribution in [2.75, 3.05) is 26.4 Å². The first kappa shape index (κ1) is 56.1. The Morgan fingerprint density at radius 1 is 0.581 bits per heavy atom. The smallest absolute Gasteiger partial charge is 0.187 e. The van der Waals surface area contributed by atoms with Crippen LogP contribution in [-0.2, 0) is 47.4 Å². The minimum absolute atomic E-state index is 0.00375. The summed E-state index contributed by atoms with van der Waals surface area (Å²) in [6.45, 7) is 8.49. The summed E-state index contributed by atoms with van der Waals surface area (Å²) in [5, 5.41) is 137. The molecule has 0 bridgehead atoms. The molecule has 0 aromatic heterocycles.